The molecular formula is C19H33ClGe. The first kappa shape index (κ1) is 19.1. The van der Waals surface area contributed by atoms with Crippen molar-refractivity contribution in [3.63, 3.8) is 0 Å². The minimum atomic E-state index is -1.74. The van der Waals surface area contributed by atoms with Crippen LogP contribution in [-0.2, 0) is 5.25 Å². The molecule has 0 unspecified atom stereocenters. The maximum atomic E-state index is 6.05. The Bertz CT molecular complexity index is 350. The zero-order chi connectivity index (χ0) is 15.6. The quantitative estimate of drug-likeness (QED) is 0.360. The topological polar surface area (TPSA) is 0 Å². The molecule has 0 spiro atoms. The summed E-state index contributed by atoms with van der Waals surface area (Å²) in [5.41, 5.74) is 1.54. The molecule has 0 aliphatic heterocycles. The van der Waals surface area contributed by atoms with Crippen LogP contribution < -0.4 is 0 Å². The van der Waals surface area contributed by atoms with Gasteiger partial charge in [-0.25, -0.2) is 0 Å². The summed E-state index contributed by atoms with van der Waals surface area (Å²) in [4.78, 5) is 0. The van der Waals surface area contributed by atoms with E-state index in [1.807, 2.05) is 0 Å². The number of hydrogen-bond acceptors (Lipinski definition) is 0. The van der Waals surface area contributed by atoms with Crippen molar-refractivity contribution in [2.45, 2.75) is 80.3 Å². The molecule has 0 bridgehead atoms. The molecule has 0 radical (unpaired) electrons. The standard InChI is InChI=1S/C19H33ClGe/c1-4-7-14-21(15-8-5-2,16-9-6-3)17-18-10-12-19(20)13-11-18/h10-13H,4-9,14-17H2,1-3H3. The van der Waals surface area contributed by atoms with Crippen LogP contribution in [0.4, 0.5) is 0 Å². The maximum absolute atomic E-state index is 6.05. The first-order chi connectivity index (χ1) is 10.2. The Hall–Kier alpha value is 0.0529. The van der Waals surface area contributed by atoms with Gasteiger partial charge in [-0.2, -0.15) is 0 Å². The van der Waals surface area contributed by atoms with Crippen LogP contribution in [0.5, 0.6) is 0 Å². The summed E-state index contributed by atoms with van der Waals surface area (Å²) < 4.78 is 0. The molecule has 0 saturated carbocycles. The number of rotatable bonds is 11. The van der Waals surface area contributed by atoms with Crippen LogP contribution in [0.25, 0.3) is 0 Å². The molecule has 0 heterocycles. The fourth-order valence-corrected chi connectivity index (χ4v) is 15.4. The van der Waals surface area contributed by atoms with Gasteiger partial charge < -0.3 is 0 Å². The van der Waals surface area contributed by atoms with E-state index in [-0.39, 0.29) is 0 Å². The van der Waals surface area contributed by atoms with E-state index in [9.17, 15) is 0 Å². The molecule has 21 heavy (non-hydrogen) atoms. The third kappa shape index (κ3) is 7.24. The first-order valence-corrected chi connectivity index (χ1v) is 15.2. The van der Waals surface area contributed by atoms with Gasteiger partial charge in [-0.15, -0.1) is 0 Å². The number of hydrogen-bond donors (Lipinski definition) is 0. The predicted molar refractivity (Wildman–Crippen MR) is 100 cm³/mol. The predicted octanol–water partition coefficient (Wildman–Crippen LogP) is 7.27. The SMILES string of the molecule is CCC[CH2][Ge]([CH2]CCC)([CH2]CCC)[CH2]c1ccc(Cl)cc1. The molecule has 2 heteroatoms. The Kier molecular flexibility index (Phi) is 9.75. The van der Waals surface area contributed by atoms with Crippen LogP contribution in [0.2, 0.25) is 20.8 Å². The van der Waals surface area contributed by atoms with E-state index in [1.165, 1.54) is 43.8 Å². The van der Waals surface area contributed by atoms with Crippen molar-refractivity contribution >= 4 is 24.9 Å². The van der Waals surface area contributed by atoms with E-state index in [4.69, 9.17) is 11.6 Å². The molecule has 0 nitrogen and oxygen atoms in total. The second-order valence-electron chi connectivity index (χ2n) is 6.61. The molecule has 0 fully saturated rings. The molecule has 120 valence electrons. The summed E-state index contributed by atoms with van der Waals surface area (Å²) in [6, 6.07) is 8.69. The van der Waals surface area contributed by atoms with Crippen LogP contribution in [0.15, 0.2) is 24.3 Å². The Morgan fingerprint density at radius 3 is 1.57 bits per heavy atom. The van der Waals surface area contributed by atoms with Crippen molar-refractivity contribution in [2.24, 2.45) is 0 Å². The third-order valence-corrected chi connectivity index (χ3v) is 16.3. The van der Waals surface area contributed by atoms with Gasteiger partial charge in [0, 0.05) is 0 Å². The number of benzene rings is 1. The zero-order valence-electron chi connectivity index (χ0n) is 14.3. The summed E-state index contributed by atoms with van der Waals surface area (Å²) in [6.45, 7) is 7.03. The van der Waals surface area contributed by atoms with Crippen molar-refractivity contribution in [3.05, 3.63) is 34.9 Å². The van der Waals surface area contributed by atoms with Crippen LogP contribution in [0, 0.1) is 0 Å². The van der Waals surface area contributed by atoms with Gasteiger partial charge in [0.2, 0.25) is 0 Å². The van der Waals surface area contributed by atoms with Crippen molar-refractivity contribution in [2.75, 3.05) is 0 Å². The molecule has 1 aromatic carbocycles. The van der Waals surface area contributed by atoms with Crippen molar-refractivity contribution < 1.29 is 0 Å². The van der Waals surface area contributed by atoms with Crippen molar-refractivity contribution in [1.29, 1.82) is 0 Å². The molecule has 0 aliphatic carbocycles. The molecule has 0 amide bonds. The van der Waals surface area contributed by atoms with Crippen LogP contribution in [0.1, 0.15) is 64.9 Å². The van der Waals surface area contributed by atoms with E-state index >= 15 is 0 Å². The second-order valence-corrected chi connectivity index (χ2v) is 17.2. The molecular weight excluding hydrogens is 336 g/mol. The van der Waals surface area contributed by atoms with Crippen LogP contribution in [-0.4, -0.2) is 13.3 Å². The fraction of sp³-hybridized carbons (Fsp3) is 0.684. The summed E-state index contributed by atoms with van der Waals surface area (Å²) in [6.07, 6.45) is 8.40. The Morgan fingerprint density at radius 2 is 1.19 bits per heavy atom. The Morgan fingerprint density at radius 1 is 0.762 bits per heavy atom. The normalized spacial score (nSPS) is 11.8. The van der Waals surface area contributed by atoms with Gasteiger partial charge in [0.1, 0.15) is 0 Å². The summed E-state index contributed by atoms with van der Waals surface area (Å²) in [7, 11) is 0. The second kappa shape index (κ2) is 10.7. The van der Waals surface area contributed by atoms with Gasteiger partial charge >= 0.3 is 140 Å². The number of halogens is 1. The van der Waals surface area contributed by atoms with Crippen molar-refractivity contribution in [1.82, 2.24) is 0 Å². The molecule has 0 atom stereocenters. The molecule has 0 saturated heterocycles. The molecule has 1 aromatic rings. The number of unbranched alkanes of at least 4 members (excludes halogenated alkanes) is 3. The summed E-state index contributed by atoms with van der Waals surface area (Å²) in [5, 5.41) is 6.99. The van der Waals surface area contributed by atoms with E-state index in [1.54, 1.807) is 21.3 Å². The van der Waals surface area contributed by atoms with Crippen molar-refractivity contribution in [3.8, 4) is 0 Å². The average molecular weight is 370 g/mol. The fourth-order valence-electron chi connectivity index (χ4n) is 3.33. The zero-order valence-corrected chi connectivity index (χ0v) is 17.1. The third-order valence-electron chi connectivity index (χ3n) is 4.67. The Labute approximate surface area is 140 Å². The summed E-state index contributed by atoms with van der Waals surface area (Å²) >= 11 is 4.30. The van der Waals surface area contributed by atoms with Crippen LogP contribution in [0.3, 0.4) is 0 Å². The molecule has 0 N–H and O–H groups in total. The molecule has 0 aromatic heterocycles. The van der Waals surface area contributed by atoms with E-state index in [0.29, 0.717) is 0 Å². The Balaban J connectivity index is 2.85. The monoisotopic (exact) mass is 370 g/mol. The van der Waals surface area contributed by atoms with Gasteiger partial charge in [0.15, 0.2) is 0 Å². The van der Waals surface area contributed by atoms with E-state index in [0.717, 1.165) is 5.02 Å². The van der Waals surface area contributed by atoms with Gasteiger partial charge in [-0.1, -0.05) is 0 Å². The van der Waals surface area contributed by atoms with Gasteiger partial charge in [0.25, 0.3) is 0 Å². The van der Waals surface area contributed by atoms with Gasteiger partial charge in [-0.3, -0.25) is 0 Å². The van der Waals surface area contributed by atoms with E-state index in [2.05, 4.69) is 45.0 Å². The summed E-state index contributed by atoms with van der Waals surface area (Å²) in [5.74, 6) is 0. The van der Waals surface area contributed by atoms with E-state index < -0.39 is 13.3 Å². The first-order valence-electron chi connectivity index (χ1n) is 8.90. The van der Waals surface area contributed by atoms with Crippen LogP contribution >= 0.6 is 11.6 Å². The molecule has 1 rings (SSSR count). The molecule has 0 aliphatic rings. The average Bonchev–Trinajstić information content (AvgIpc) is 2.51. The van der Waals surface area contributed by atoms with Gasteiger partial charge in [0.05, 0.1) is 0 Å². The minimum absolute atomic E-state index is 0.868. The van der Waals surface area contributed by atoms with Gasteiger partial charge in [-0.05, 0) is 0 Å².